The highest BCUT2D eigenvalue weighted by atomic mass is 32.2. The SMILES string of the molecule is COc1cccc(CC2CCCN2C(=O)CCNS(=O)(=O)/C=C/c2ccccc2)c1. The predicted molar refractivity (Wildman–Crippen MR) is 118 cm³/mol. The van der Waals surface area contributed by atoms with Crippen molar-refractivity contribution in [2.75, 3.05) is 20.2 Å². The lowest BCUT2D eigenvalue weighted by Gasteiger charge is -2.25. The number of carbonyl (C=O) groups is 1. The summed E-state index contributed by atoms with van der Waals surface area (Å²) in [5, 5.41) is 1.13. The summed E-state index contributed by atoms with van der Waals surface area (Å²) in [6.07, 6.45) is 4.37. The maximum absolute atomic E-state index is 12.7. The molecule has 1 unspecified atom stereocenters. The van der Waals surface area contributed by atoms with Crippen LogP contribution in [-0.2, 0) is 21.2 Å². The number of ether oxygens (including phenoxy) is 1. The van der Waals surface area contributed by atoms with Crippen LogP contribution in [0.1, 0.15) is 30.4 Å². The summed E-state index contributed by atoms with van der Waals surface area (Å²) in [6.45, 7) is 0.802. The first-order valence-electron chi connectivity index (χ1n) is 10.1. The van der Waals surface area contributed by atoms with E-state index in [2.05, 4.69) is 4.72 Å². The summed E-state index contributed by atoms with van der Waals surface area (Å²) in [4.78, 5) is 14.6. The molecule has 1 N–H and O–H groups in total. The van der Waals surface area contributed by atoms with Crippen LogP contribution in [0, 0.1) is 0 Å². The molecule has 1 aliphatic heterocycles. The number of nitrogens with one attached hydrogen (secondary N) is 1. The van der Waals surface area contributed by atoms with Gasteiger partial charge in [0.2, 0.25) is 15.9 Å². The van der Waals surface area contributed by atoms with Gasteiger partial charge in [0, 0.05) is 31.0 Å². The van der Waals surface area contributed by atoms with Crippen molar-refractivity contribution in [3.8, 4) is 5.75 Å². The van der Waals surface area contributed by atoms with Crippen molar-refractivity contribution in [1.29, 1.82) is 0 Å². The molecule has 0 aromatic heterocycles. The van der Waals surface area contributed by atoms with E-state index in [1.54, 1.807) is 7.11 Å². The highest BCUT2D eigenvalue weighted by Gasteiger charge is 2.28. The molecule has 7 heteroatoms. The maximum Gasteiger partial charge on any atom is 0.233 e. The Kier molecular flexibility index (Phi) is 7.65. The molecule has 0 radical (unpaired) electrons. The number of methoxy groups -OCH3 is 1. The largest absolute Gasteiger partial charge is 0.497 e. The van der Waals surface area contributed by atoms with Crippen LogP contribution in [0.2, 0.25) is 0 Å². The zero-order valence-corrected chi connectivity index (χ0v) is 18.0. The predicted octanol–water partition coefficient (Wildman–Crippen LogP) is 3.21. The highest BCUT2D eigenvalue weighted by Crippen LogP contribution is 2.23. The Morgan fingerprint density at radius 3 is 2.77 bits per heavy atom. The van der Waals surface area contributed by atoms with E-state index in [-0.39, 0.29) is 24.9 Å². The highest BCUT2D eigenvalue weighted by molar-refractivity contribution is 7.92. The molecule has 1 atom stereocenters. The van der Waals surface area contributed by atoms with Crippen molar-refractivity contribution in [1.82, 2.24) is 9.62 Å². The molecule has 1 heterocycles. The summed E-state index contributed by atoms with van der Waals surface area (Å²) in [7, 11) is -1.94. The Balaban J connectivity index is 1.50. The van der Waals surface area contributed by atoms with Gasteiger partial charge in [-0.05, 0) is 48.6 Å². The molecular formula is C23H28N2O4S. The molecule has 0 spiro atoms. The second-order valence-electron chi connectivity index (χ2n) is 7.34. The lowest BCUT2D eigenvalue weighted by atomic mass is 10.0. The number of likely N-dealkylation sites (tertiary alicyclic amines) is 1. The molecule has 160 valence electrons. The van der Waals surface area contributed by atoms with Crippen molar-refractivity contribution < 1.29 is 17.9 Å². The number of hydrogen-bond donors (Lipinski definition) is 1. The molecule has 1 saturated heterocycles. The first kappa shape index (κ1) is 22.1. The Bertz CT molecular complexity index is 974. The number of rotatable bonds is 9. The van der Waals surface area contributed by atoms with Crippen LogP contribution in [-0.4, -0.2) is 45.5 Å². The lowest BCUT2D eigenvalue weighted by molar-refractivity contribution is -0.131. The lowest BCUT2D eigenvalue weighted by Crippen LogP contribution is -2.38. The van der Waals surface area contributed by atoms with E-state index < -0.39 is 10.0 Å². The van der Waals surface area contributed by atoms with Gasteiger partial charge in [-0.15, -0.1) is 0 Å². The number of amides is 1. The normalized spacial score (nSPS) is 16.8. The Hall–Kier alpha value is -2.64. The van der Waals surface area contributed by atoms with E-state index in [0.717, 1.165) is 41.5 Å². The van der Waals surface area contributed by atoms with Crippen LogP contribution in [0.3, 0.4) is 0 Å². The Morgan fingerprint density at radius 1 is 1.20 bits per heavy atom. The Morgan fingerprint density at radius 2 is 2.00 bits per heavy atom. The Labute approximate surface area is 178 Å². The van der Waals surface area contributed by atoms with E-state index in [0.29, 0.717) is 6.54 Å². The average Bonchev–Trinajstić information content (AvgIpc) is 3.21. The fourth-order valence-electron chi connectivity index (χ4n) is 3.67. The molecule has 6 nitrogen and oxygen atoms in total. The van der Waals surface area contributed by atoms with Crippen LogP contribution in [0.15, 0.2) is 60.0 Å². The van der Waals surface area contributed by atoms with Gasteiger partial charge in [-0.25, -0.2) is 13.1 Å². The average molecular weight is 429 g/mol. The molecule has 0 saturated carbocycles. The van der Waals surface area contributed by atoms with E-state index in [1.807, 2.05) is 59.5 Å². The van der Waals surface area contributed by atoms with Crippen LogP contribution in [0.5, 0.6) is 5.75 Å². The zero-order chi connectivity index (χ0) is 21.4. The summed E-state index contributed by atoms with van der Waals surface area (Å²) in [5.74, 6) is 0.788. The number of sulfonamides is 1. The molecule has 1 amide bonds. The third-order valence-electron chi connectivity index (χ3n) is 5.18. The molecule has 0 bridgehead atoms. The zero-order valence-electron chi connectivity index (χ0n) is 17.2. The molecule has 1 aliphatic rings. The number of nitrogens with zero attached hydrogens (tertiary/aromatic N) is 1. The molecule has 30 heavy (non-hydrogen) atoms. The van der Waals surface area contributed by atoms with E-state index >= 15 is 0 Å². The minimum Gasteiger partial charge on any atom is -0.497 e. The van der Waals surface area contributed by atoms with E-state index in [9.17, 15) is 13.2 Å². The maximum atomic E-state index is 12.7. The third kappa shape index (κ3) is 6.43. The smallest absolute Gasteiger partial charge is 0.233 e. The summed E-state index contributed by atoms with van der Waals surface area (Å²) >= 11 is 0. The number of benzene rings is 2. The van der Waals surface area contributed by atoms with Gasteiger partial charge in [-0.1, -0.05) is 42.5 Å². The van der Waals surface area contributed by atoms with Gasteiger partial charge in [0.25, 0.3) is 0 Å². The van der Waals surface area contributed by atoms with Gasteiger partial charge in [0.15, 0.2) is 0 Å². The minimum absolute atomic E-state index is 0.0184. The summed E-state index contributed by atoms with van der Waals surface area (Å²) in [5.41, 5.74) is 1.93. The van der Waals surface area contributed by atoms with Crippen LogP contribution in [0.4, 0.5) is 0 Å². The summed E-state index contributed by atoms with van der Waals surface area (Å²) in [6, 6.07) is 17.2. The number of carbonyl (C=O) groups excluding carboxylic acids is 1. The van der Waals surface area contributed by atoms with Gasteiger partial charge >= 0.3 is 0 Å². The third-order valence-corrected chi connectivity index (χ3v) is 6.29. The van der Waals surface area contributed by atoms with E-state index in [4.69, 9.17) is 4.74 Å². The van der Waals surface area contributed by atoms with Gasteiger partial charge in [0.05, 0.1) is 7.11 Å². The minimum atomic E-state index is -3.58. The van der Waals surface area contributed by atoms with Crippen LogP contribution in [0.25, 0.3) is 6.08 Å². The number of hydrogen-bond acceptors (Lipinski definition) is 4. The first-order chi connectivity index (χ1) is 14.5. The van der Waals surface area contributed by atoms with Crippen LogP contribution < -0.4 is 9.46 Å². The van der Waals surface area contributed by atoms with Crippen molar-refractivity contribution in [2.45, 2.75) is 31.7 Å². The van der Waals surface area contributed by atoms with Gasteiger partial charge in [-0.3, -0.25) is 4.79 Å². The van der Waals surface area contributed by atoms with E-state index in [1.165, 1.54) is 6.08 Å². The molecule has 2 aromatic carbocycles. The monoisotopic (exact) mass is 428 g/mol. The second-order valence-corrected chi connectivity index (χ2v) is 8.99. The van der Waals surface area contributed by atoms with Gasteiger partial charge < -0.3 is 9.64 Å². The molecule has 0 aliphatic carbocycles. The van der Waals surface area contributed by atoms with Crippen molar-refractivity contribution in [2.24, 2.45) is 0 Å². The molecule has 1 fully saturated rings. The van der Waals surface area contributed by atoms with Crippen molar-refractivity contribution >= 4 is 22.0 Å². The van der Waals surface area contributed by atoms with Crippen molar-refractivity contribution in [3.63, 3.8) is 0 Å². The quantitative estimate of drug-likeness (QED) is 0.665. The fraction of sp³-hybridized carbons (Fsp3) is 0.348. The molecular weight excluding hydrogens is 400 g/mol. The molecule has 3 rings (SSSR count). The topological polar surface area (TPSA) is 75.7 Å². The van der Waals surface area contributed by atoms with Crippen LogP contribution >= 0.6 is 0 Å². The fourth-order valence-corrected chi connectivity index (χ4v) is 4.49. The second kappa shape index (κ2) is 10.4. The van der Waals surface area contributed by atoms with Crippen molar-refractivity contribution in [3.05, 3.63) is 71.1 Å². The van der Waals surface area contributed by atoms with Gasteiger partial charge in [-0.2, -0.15) is 0 Å². The standard InChI is InChI=1S/C23H28N2O4S/c1-29-22-11-5-9-20(18-22)17-21-10-6-15-25(21)23(26)12-14-24-30(27,28)16-13-19-7-3-2-4-8-19/h2-5,7-9,11,13,16,18,21,24H,6,10,12,14-15,17H2,1H3/b16-13+. The summed E-state index contributed by atoms with van der Waals surface area (Å²) < 4.78 is 32.0. The first-order valence-corrected chi connectivity index (χ1v) is 11.7. The molecule has 2 aromatic rings. The van der Waals surface area contributed by atoms with Gasteiger partial charge in [0.1, 0.15) is 5.75 Å².